The van der Waals surface area contributed by atoms with Crippen LogP contribution in [0.4, 0.5) is 5.69 Å². The zero-order chi connectivity index (χ0) is 18.5. The lowest BCUT2D eigenvalue weighted by molar-refractivity contribution is -0.115. The zero-order valence-corrected chi connectivity index (χ0v) is 16.7. The number of carbonyl (C=O) groups excluding carboxylic acids is 1. The molecule has 0 aliphatic carbocycles. The van der Waals surface area contributed by atoms with E-state index >= 15 is 0 Å². The molecule has 5 nitrogen and oxygen atoms in total. The Morgan fingerprint density at radius 2 is 2.04 bits per heavy atom. The van der Waals surface area contributed by atoms with Gasteiger partial charge in [-0.05, 0) is 70.5 Å². The number of ether oxygens (including phenoxy) is 2. The predicted molar refractivity (Wildman–Crippen MR) is 109 cm³/mol. The smallest absolute Gasteiger partial charge is 0.264 e. The van der Waals surface area contributed by atoms with Crippen molar-refractivity contribution >= 4 is 50.5 Å². The van der Waals surface area contributed by atoms with Gasteiger partial charge >= 0.3 is 0 Å². The van der Waals surface area contributed by atoms with E-state index in [4.69, 9.17) is 9.47 Å². The van der Waals surface area contributed by atoms with Gasteiger partial charge < -0.3 is 14.8 Å². The second kappa shape index (κ2) is 8.42. The van der Waals surface area contributed by atoms with Gasteiger partial charge in [-0.25, -0.2) is 4.99 Å². The quantitative estimate of drug-likeness (QED) is 0.692. The second-order valence-electron chi connectivity index (χ2n) is 5.28. The number of amides is 1. The first-order chi connectivity index (χ1) is 12.6. The fourth-order valence-electron chi connectivity index (χ4n) is 2.38. The number of benzene rings is 2. The van der Waals surface area contributed by atoms with Crippen LogP contribution < -0.4 is 14.8 Å². The van der Waals surface area contributed by atoms with Crippen LogP contribution in [0.5, 0.6) is 11.5 Å². The number of nitrogens with zero attached hydrogens (tertiary/aromatic N) is 1. The summed E-state index contributed by atoms with van der Waals surface area (Å²) < 4.78 is 11.8. The van der Waals surface area contributed by atoms with Crippen LogP contribution in [-0.4, -0.2) is 24.8 Å². The van der Waals surface area contributed by atoms with Crippen molar-refractivity contribution in [2.45, 2.75) is 6.92 Å². The number of hydrogen-bond donors (Lipinski definition) is 1. The van der Waals surface area contributed by atoms with E-state index in [1.165, 1.54) is 11.8 Å². The van der Waals surface area contributed by atoms with E-state index < -0.39 is 0 Å². The molecule has 1 heterocycles. The fraction of sp³-hybridized carbons (Fsp3) is 0.158. The van der Waals surface area contributed by atoms with E-state index in [-0.39, 0.29) is 5.91 Å². The Bertz CT molecular complexity index is 882. The lowest BCUT2D eigenvalue weighted by Gasteiger charge is -2.12. The summed E-state index contributed by atoms with van der Waals surface area (Å²) in [7, 11) is 1.59. The Morgan fingerprint density at radius 3 is 2.73 bits per heavy atom. The first-order valence-electron chi connectivity index (χ1n) is 7.95. The number of aliphatic imine (C=N–C) groups is 1. The Balaban J connectivity index is 1.88. The molecule has 1 aliphatic heterocycles. The molecule has 2 aromatic rings. The molecule has 0 radical (unpaired) electrons. The number of amidine groups is 1. The molecule has 0 atom stereocenters. The van der Waals surface area contributed by atoms with Gasteiger partial charge in [0, 0.05) is 0 Å². The monoisotopic (exact) mass is 432 g/mol. The summed E-state index contributed by atoms with van der Waals surface area (Å²) in [6, 6.07) is 13.2. The minimum Gasteiger partial charge on any atom is -0.492 e. The molecule has 1 fully saturated rings. The predicted octanol–water partition coefficient (Wildman–Crippen LogP) is 4.75. The molecule has 26 heavy (non-hydrogen) atoms. The van der Waals surface area contributed by atoms with Crippen LogP contribution in [0.1, 0.15) is 12.5 Å². The van der Waals surface area contributed by atoms with Crippen LogP contribution in [0, 0.1) is 0 Å². The molecule has 2 aromatic carbocycles. The van der Waals surface area contributed by atoms with Gasteiger partial charge in [0.15, 0.2) is 16.7 Å². The molecule has 1 N–H and O–H groups in total. The van der Waals surface area contributed by atoms with E-state index in [9.17, 15) is 4.79 Å². The molecule has 0 bridgehead atoms. The largest absolute Gasteiger partial charge is 0.492 e. The molecule has 1 aliphatic rings. The van der Waals surface area contributed by atoms with Gasteiger partial charge in [-0.1, -0.05) is 18.2 Å². The standard InChI is InChI=1S/C19H17BrN2O3S/c1-3-25-15-10-12(9-14(20)17(15)24-2)11-16-18(23)22-19(26-16)21-13-7-5-4-6-8-13/h4-11H,3H2,1-2H3,(H,21,22,23). The number of halogens is 1. The van der Waals surface area contributed by atoms with Crippen LogP contribution in [0.2, 0.25) is 0 Å². The lowest BCUT2D eigenvalue weighted by Crippen LogP contribution is -2.19. The first-order valence-corrected chi connectivity index (χ1v) is 9.56. The fourth-order valence-corrected chi connectivity index (χ4v) is 3.85. The summed E-state index contributed by atoms with van der Waals surface area (Å²) >= 11 is 4.79. The van der Waals surface area contributed by atoms with Gasteiger partial charge in [-0.15, -0.1) is 0 Å². The lowest BCUT2D eigenvalue weighted by atomic mass is 10.2. The van der Waals surface area contributed by atoms with E-state index in [1.807, 2.05) is 49.4 Å². The number of hydrogen-bond acceptors (Lipinski definition) is 5. The van der Waals surface area contributed by atoms with Crippen molar-refractivity contribution in [2.24, 2.45) is 4.99 Å². The Morgan fingerprint density at radius 1 is 1.27 bits per heavy atom. The number of nitrogens with one attached hydrogen (secondary N) is 1. The summed E-state index contributed by atoms with van der Waals surface area (Å²) in [6.07, 6.45) is 1.81. The number of rotatable bonds is 5. The van der Waals surface area contributed by atoms with Gasteiger partial charge in [0.2, 0.25) is 0 Å². The third kappa shape index (κ3) is 4.28. The van der Waals surface area contributed by atoms with Gasteiger partial charge in [0.25, 0.3) is 5.91 Å². The number of thioether (sulfide) groups is 1. The summed E-state index contributed by atoms with van der Waals surface area (Å²) in [4.78, 5) is 17.3. The van der Waals surface area contributed by atoms with Crippen LogP contribution in [0.25, 0.3) is 6.08 Å². The summed E-state index contributed by atoms with van der Waals surface area (Å²) in [5, 5.41) is 3.35. The van der Waals surface area contributed by atoms with Crippen molar-refractivity contribution in [1.29, 1.82) is 0 Å². The molecule has 3 rings (SSSR count). The first kappa shape index (κ1) is 18.5. The average molecular weight is 433 g/mol. The molecule has 0 spiro atoms. The SMILES string of the molecule is CCOc1cc(C=C2SC(=Nc3ccccc3)NC2=O)cc(Br)c1OC. The third-order valence-corrected chi connectivity index (χ3v) is 4.97. The topological polar surface area (TPSA) is 59.9 Å². The van der Waals surface area contributed by atoms with Gasteiger partial charge in [-0.3, -0.25) is 4.79 Å². The highest BCUT2D eigenvalue weighted by molar-refractivity contribution is 9.10. The van der Waals surface area contributed by atoms with E-state index in [2.05, 4.69) is 26.2 Å². The number of para-hydroxylation sites is 1. The second-order valence-corrected chi connectivity index (χ2v) is 7.17. The average Bonchev–Trinajstić information content (AvgIpc) is 2.95. The minimum atomic E-state index is -0.172. The van der Waals surface area contributed by atoms with E-state index in [0.717, 1.165) is 15.7 Å². The molecule has 0 unspecified atom stereocenters. The summed E-state index contributed by atoms with van der Waals surface area (Å²) in [6.45, 7) is 2.43. The highest BCUT2D eigenvalue weighted by Crippen LogP contribution is 2.38. The maximum atomic E-state index is 12.2. The van der Waals surface area contributed by atoms with Crippen molar-refractivity contribution < 1.29 is 14.3 Å². The minimum absolute atomic E-state index is 0.172. The van der Waals surface area contributed by atoms with Crippen molar-refractivity contribution in [2.75, 3.05) is 13.7 Å². The molecule has 0 saturated carbocycles. The van der Waals surface area contributed by atoms with Crippen LogP contribution >= 0.6 is 27.7 Å². The van der Waals surface area contributed by atoms with Crippen molar-refractivity contribution in [3.8, 4) is 11.5 Å². The van der Waals surface area contributed by atoms with Crippen LogP contribution in [0.3, 0.4) is 0 Å². The maximum Gasteiger partial charge on any atom is 0.264 e. The summed E-state index contributed by atoms with van der Waals surface area (Å²) in [5.41, 5.74) is 1.63. The third-order valence-electron chi connectivity index (χ3n) is 3.47. The molecule has 7 heteroatoms. The molecule has 1 amide bonds. The molecular weight excluding hydrogens is 416 g/mol. The molecule has 0 aromatic heterocycles. The maximum absolute atomic E-state index is 12.2. The van der Waals surface area contributed by atoms with Crippen LogP contribution in [-0.2, 0) is 4.79 Å². The van der Waals surface area contributed by atoms with Gasteiger partial charge in [0.1, 0.15) is 0 Å². The van der Waals surface area contributed by atoms with Crippen molar-refractivity contribution in [1.82, 2.24) is 5.32 Å². The van der Waals surface area contributed by atoms with Crippen LogP contribution in [0.15, 0.2) is 56.8 Å². The Kier molecular flexibility index (Phi) is 6.00. The molecular formula is C19H17BrN2O3S. The normalized spacial score (nSPS) is 16.8. The van der Waals surface area contributed by atoms with Crippen molar-refractivity contribution in [3.05, 3.63) is 57.4 Å². The zero-order valence-electron chi connectivity index (χ0n) is 14.3. The molecule has 134 valence electrons. The van der Waals surface area contributed by atoms with Gasteiger partial charge in [0.05, 0.1) is 28.8 Å². The number of methoxy groups -OCH3 is 1. The highest BCUT2D eigenvalue weighted by atomic mass is 79.9. The van der Waals surface area contributed by atoms with E-state index in [1.54, 1.807) is 13.2 Å². The molecule has 1 saturated heterocycles. The highest BCUT2D eigenvalue weighted by Gasteiger charge is 2.24. The Hall–Kier alpha value is -2.25. The summed E-state index contributed by atoms with van der Waals surface area (Å²) in [5.74, 6) is 1.08. The van der Waals surface area contributed by atoms with E-state index in [0.29, 0.717) is 28.2 Å². The van der Waals surface area contributed by atoms with Gasteiger partial charge in [-0.2, -0.15) is 0 Å². The Labute approximate surface area is 164 Å². The van der Waals surface area contributed by atoms with Crippen molar-refractivity contribution in [3.63, 3.8) is 0 Å². The number of carbonyl (C=O) groups is 1.